The maximum Gasteiger partial charge on any atom is 0.232 e. The van der Waals surface area contributed by atoms with Gasteiger partial charge in [-0.3, -0.25) is 4.31 Å². The van der Waals surface area contributed by atoms with Crippen LogP contribution in [0.25, 0.3) is 10.2 Å². The van der Waals surface area contributed by atoms with Crippen molar-refractivity contribution >= 4 is 48.9 Å². The summed E-state index contributed by atoms with van der Waals surface area (Å²) in [7, 11) is -1.89. The summed E-state index contributed by atoms with van der Waals surface area (Å²) in [6.07, 6.45) is 0.901. The van der Waals surface area contributed by atoms with Gasteiger partial charge in [-0.05, 0) is 18.5 Å². The number of fused-ring (bicyclic) bond motifs is 1. The van der Waals surface area contributed by atoms with Gasteiger partial charge in [0.2, 0.25) is 15.3 Å². The number of anilines is 1. The van der Waals surface area contributed by atoms with Crippen LogP contribution < -0.4 is 9.62 Å². The van der Waals surface area contributed by atoms with E-state index in [0.29, 0.717) is 23.5 Å². The summed E-state index contributed by atoms with van der Waals surface area (Å²) in [6.45, 7) is 3.38. The Morgan fingerprint density at radius 1 is 1.48 bits per heavy atom. The number of halogens is 1. The third kappa shape index (κ3) is 3.16. The third-order valence-corrected chi connectivity index (χ3v) is 6.16. The van der Waals surface area contributed by atoms with Gasteiger partial charge in [0.15, 0.2) is 0 Å². The van der Waals surface area contributed by atoms with Crippen molar-refractivity contribution in [1.29, 1.82) is 0 Å². The molecule has 10 heteroatoms. The molecule has 2 aromatic rings. The SMILES string of the molecule is CC1NCCOC1c1nc(Cl)nc2c(N(C)S(C)(=O)=O)csc12. The first-order valence-corrected chi connectivity index (χ1v) is 10.1. The summed E-state index contributed by atoms with van der Waals surface area (Å²) >= 11 is 7.47. The van der Waals surface area contributed by atoms with Crippen molar-refractivity contribution in [3.8, 4) is 0 Å². The van der Waals surface area contributed by atoms with Gasteiger partial charge in [0.1, 0.15) is 11.6 Å². The van der Waals surface area contributed by atoms with E-state index >= 15 is 0 Å². The lowest BCUT2D eigenvalue weighted by molar-refractivity contribution is -0.00178. The predicted octanol–water partition coefficient (Wildman–Crippen LogP) is 1.79. The Hall–Kier alpha value is -1.00. The van der Waals surface area contributed by atoms with Crippen molar-refractivity contribution in [1.82, 2.24) is 15.3 Å². The molecule has 2 aromatic heterocycles. The summed E-state index contributed by atoms with van der Waals surface area (Å²) in [5, 5.41) is 5.17. The molecular formula is C13H17ClN4O3S2. The van der Waals surface area contributed by atoms with E-state index < -0.39 is 10.0 Å². The number of hydrogen-bond donors (Lipinski definition) is 1. The highest BCUT2D eigenvalue weighted by molar-refractivity contribution is 7.92. The molecule has 3 rings (SSSR count). The standard InChI is InChI=1S/C13H17ClN4O3S2/c1-7-11(21-5-4-15-7)10-12-9(16-13(14)17-10)8(6-22-12)18(2)23(3,19)20/h6-7,11,15H,4-5H2,1-3H3. The first-order chi connectivity index (χ1) is 10.8. The molecular weight excluding hydrogens is 360 g/mol. The summed E-state index contributed by atoms with van der Waals surface area (Å²) in [5.41, 5.74) is 1.71. The quantitative estimate of drug-likeness (QED) is 0.822. The molecule has 1 saturated heterocycles. The molecule has 2 atom stereocenters. The number of morpholine rings is 1. The molecule has 1 aliphatic heterocycles. The highest BCUT2D eigenvalue weighted by atomic mass is 35.5. The number of ether oxygens (including phenoxy) is 1. The molecule has 1 N–H and O–H groups in total. The minimum atomic E-state index is -3.39. The number of nitrogens with one attached hydrogen (secondary N) is 1. The Kier molecular flexibility index (Phi) is 4.49. The lowest BCUT2D eigenvalue weighted by Crippen LogP contribution is -2.41. The number of nitrogens with zero attached hydrogens (tertiary/aromatic N) is 3. The molecule has 0 bridgehead atoms. The fourth-order valence-corrected chi connectivity index (χ4v) is 4.32. The Morgan fingerprint density at radius 2 is 2.22 bits per heavy atom. The first kappa shape index (κ1) is 16.8. The van der Waals surface area contributed by atoms with Gasteiger partial charge in [0, 0.05) is 25.0 Å². The molecule has 0 spiro atoms. The van der Waals surface area contributed by atoms with Gasteiger partial charge in [0.05, 0.1) is 28.9 Å². The van der Waals surface area contributed by atoms with Gasteiger partial charge in [-0.25, -0.2) is 18.4 Å². The number of rotatable bonds is 3. The summed E-state index contributed by atoms with van der Waals surface area (Å²) in [5.74, 6) is 0. The monoisotopic (exact) mass is 376 g/mol. The lowest BCUT2D eigenvalue weighted by Gasteiger charge is -2.30. The van der Waals surface area contributed by atoms with Crippen molar-refractivity contribution in [3.63, 3.8) is 0 Å². The summed E-state index contributed by atoms with van der Waals surface area (Å²) < 4.78 is 31.5. The van der Waals surface area contributed by atoms with Crippen LogP contribution in [0.2, 0.25) is 5.28 Å². The second-order valence-electron chi connectivity index (χ2n) is 5.44. The molecule has 0 radical (unpaired) electrons. The van der Waals surface area contributed by atoms with E-state index in [1.807, 2.05) is 6.92 Å². The van der Waals surface area contributed by atoms with Crippen molar-refractivity contribution < 1.29 is 13.2 Å². The molecule has 0 saturated carbocycles. The Bertz CT molecular complexity index is 839. The minimum Gasteiger partial charge on any atom is -0.369 e. The van der Waals surface area contributed by atoms with Crippen LogP contribution in [0, 0.1) is 0 Å². The van der Waals surface area contributed by atoms with Crippen molar-refractivity contribution in [2.75, 3.05) is 30.8 Å². The maximum atomic E-state index is 11.8. The second kappa shape index (κ2) is 6.14. The van der Waals surface area contributed by atoms with Gasteiger partial charge in [-0.2, -0.15) is 0 Å². The molecule has 2 unspecified atom stereocenters. The van der Waals surface area contributed by atoms with Crippen molar-refractivity contribution in [2.24, 2.45) is 0 Å². The van der Waals surface area contributed by atoms with Gasteiger partial charge >= 0.3 is 0 Å². The summed E-state index contributed by atoms with van der Waals surface area (Å²) in [6, 6.07) is 0.0797. The van der Waals surface area contributed by atoms with Gasteiger partial charge < -0.3 is 10.1 Å². The molecule has 1 fully saturated rings. The van der Waals surface area contributed by atoms with Crippen LogP contribution in [-0.4, -0.2) is 50.9 Å². The molecule has 0 amide bonds. The van der Waals surface area contributed by atoms with E-state index in [9.17, 15) is 8.42 Å². The van der Waals surface area contributed by atoms with Gasteiger partial charge in [-0.15, -0.1) is 11.3 Å². The normalized spacial score (nSPS) is 22.4. The molecule has 23 heavy (non-hydrogen) atoms. The second-order valence-corrected chi connectivity index (χ2v) is 8.67. The third-order valence-electron chi connectivity index (χ3n) is 3.82. The fraction of sp³-hybridized carbons (Fsp3) is 0.538. The molecule has 0 aromatic carbocycles. The predicted molar refractivity (Wildman–Crippen MR) is 91.8 cm³/mol. The molecule has 1 aliphatic rings. The lowest BCUT2D eigenvalue weighted by atomic mass is 10.1. The zero-order valence-corrected chi connectivity index (χ0v) is 15.3. The van der Waals surface area contributed by atoms with E-state index in [2.05, 4.69) is 15.3 Å². The van der Waals surface area contributed by atoms with Crippen LogP contribution in [0.15, 0.2) is 5.38 Å². The Balaban J connectivity index is 2.16. The average Bonchev–Trinajstić information content (AvgIpc) is 2.88. The van der Waals surface area contributed by atoms with Crippen LogP contribution in [0.4, 0.5) is 5.69 Å². The topological polar surface area (TPSA) is 84.4 Å². The fourth-order valence-electron chi connectivity index (χ4n) is 2.53. The molecule has 7 nitrogen and oxygen atoms in total. The molecule has 3 heterocycles. The highest BCUT2D eigenvalue weighted by Gasteiger charge is 2.29. The van der Waals surface area contributed by atoms with Crippen LogP contribution in [0.5, 0.6) is 0 Å². The van der Waals surface area contributed by atoms with Gasteiger partial charge in [-0.1, -0.05) is 0 Å². The van der Waals surface area contributed by atoms with E-state index in [0.717, 1.165) is 17.5 Å². The first-order valence-electron chi connectivity index (χ1n) is 7.02. The Morgan fingerprint density at radius 3 is 2.87 bits per heavy atom. The van der Waals surface area contributed by atoms with Crippen LogP contribution in [-0.2, 0) is 14.8 Å². The van der Waals surface area contributed by atoms with Crippen LogP contribution in [0.3, 0.4) is 0 Å². The highest BCUT2D eigenvalue weighted by Crippen LogP contribution is 2.38. The van der Waals surface area contributed by atoms with Crippen molar-refractivity contribution in [2.45, 2.75) is 19.1 Å². The molecule has 126 valence electrons. The number of aromatic nitrogens is 2. The Labute approximate surface area is 143 Å². The number of hydrogen-bond acceptors (Lipinski definition) is 7. The number of thiophene rings is 1. The zero-order valence-electron chi connectivity index (χ0n) is 12.9. The van der Waals surface area contributed by atoms with E-state index in [-0.39, 0.29) is 17.4 Å². The maximum absolute atomic E-state index is 11.8. The van der Waals surface area contributed by atoms with E-state index in [1.54, 1.807) is 5.38 Å². The van der Waals surface area contributed by atoms with Crippen LogP contribution >= 0.6 is 22.9 Å². The van der Waals surface area contributed by atoms with E-state index in [1.165, 1.54) is 22.7 Å². The zero-order chi connectivity index (χ0) is 16.8. The largest absolute Gasteiger partial charge is 0.369 e. The number of sulfonamides is 1. The van der Waals surface area contributed by atoms with Gasteiger partial charge in [0.25, 0.3) is 0 Å². The summed E-state index contributed by atoms with van der Waals surface area (Å²) in [4.78, 5) is 8.58. The molecule has 0 aliphatic carbocycles. The van der Waals surface area contributed by atoms with Crippen LogP contribution in [0.1, 0.15) is 18.7 Å². The minimum absolute atomic E-state index is 0.0791. The average molecular weight is 377 g/mol. The van der Waals surface area contributed by atoms with Crippen molar-refractivity contribution in [3.05, 3.63) is 16.4 Å². The smallest absolute Gasteiger partial charge is 0.232 e. The van der Waals surface area contributed by atoms with E-state index in [4.69, 9.17) is 16.3 Å².